The molecule has 1 aromatic carbocycles. The highest BCUT2D eigenvalue weighted by Crippen LogP contribution is 2.16. The van der Waals surface area contributed by atoms with E-state index in [0.717, 1.165) is 49.1 Å². The molecule has 3 aromatic rings. The maximum absolute atomic E-state index is 12.3. The Labute approximate surface area is 162 Å². The van der Waals surface area contributed by atoms with E-state index in [1.807, 2.05) is 43.3 Å². The summed E-state index contributed by atoms with van der Waals surface area (Å²) in [5, 5.41) is 15.3. The number of aromatic nitrogens is 4. The third-order valence-electron chi connectivity index (χ3n) is 4.66. The summed E-state index contributed by atoms with van der Waals surface area (Å²) in [5.74, 6) is 1.68. The molecule has 0 bridgehead atoms. The van der Waals surface area contributed by atoms with Crippen LogP contribution in [0.25, 0.3) is 5.65 Å². The molecule has 1 amide bonds. The fourth-order valence-electron chi connectivity index (χ4n) is 3.23. The largest absolute Gasteiger partial charge is 0.494 e. The lowest BCUT2D eigenvalue weighted by Crippen LogP contribution is -2.49. The van der Waals surface area contributed by atoms with Gasteiger partial charge in [0, 0.05) is 31.9 Å². The summed E-state index contributed by atoms with van der Waals surface area (Å²) in [5.41, 5.74) is 1.51. The molecule has 1 aliphatic rings. The molecule has 0 atom stereocenters. The third kappa shape index (κ3) is 4.20. The molecule has 0 saturated carbocycles. The number of carbonyl (C=O) groups excluding carboxylic acids is 1. The number of amides is 1. The van der Waals surface area contributed by atoms with Crippen LogP contribution in [-0.4, -0.2) is 69.9 Å². The number of nitrogens with zero attached hydrogens (tertiary/aromatic N) is 6. The van der Waals surface area contributed by atoms with Crippen molar-refractivity contribution in [3.63, 3.8) is 0 Å². The van der Waals surface area contributed by atoms with Gasteiger partial charge in [-0.2, -0.15) is 4.52 Å². The van der Waals surface area contributed by atoms with Crippen molar-refractivity contribution in [1.82, 2.24) is 24.7 Å². The lowest BCUT2D eigenvalue weighted by Gasteiger charge is -2.34. The number of benzene rings is 1. The highest BCUT2D eigenvalue weighted by Gasteiger charge is 2.20. The van der Waals surface area contributed by atoms with Crippen LogP contribution in [0.2, 0.25) is 0 Å². The van der Waals surface area contributed by atoms with Gasteiger partial charge in [-0.05, 0) is 43.3 Å². The Balaban J connectivity index is 1.27. The zero-order valence-electron chi connectivity index (χ0n) is 15.8. The van der Waals surface area contributed by atoms with E-state index in [4.69, 9.17) is 4.74 Å². The highest BCUT2D eigenvalue weighted by atomic mass is 16.5. The smallest absolute Gasteiger partial charge is 0.238 e. The van der Waals surface area contributed by atoms with Gasteiger partial charge in [0.05, 0.1) is 13.2 Å². The van der Waals surface area contributed by atoms with Crippen LogP contribution >= 0.6 is 0 Å². The number of hydrogen-bond acceptors (Lipinski definition) is 7. The SMILES string of the molecule is CCOc1ccc(NC(=O)CN2CCN(c3ccc4nncn4n3)CC2)cc1. The van der Waals surface area contributed by atoms with E-state index in [9.17, 15) is 4.79 Å². The van der Waals surface area contributed by atoms with Crippen LogP contribution in [-0.2, 0) is 4.79 Å². The highest BCUT2D eigenvalue weighted by molar-refractivity contribution is 5.92. The summed E-state index contributed by atoms with van der Waals surface area (Å²) in [6.45, 7) is 6.18. The van der Waals surface area contributed by atoms with Crippen LogP contribution in [0.5, 0.6) is 5.75 Å². The van der Waals surface area contributed by atoms with Gasteiger partial charge >= 0.3 is 0 Å². The second kappa shape index (κ2) is 8.22. The molecular formula is C19H23N7O2. The predicted molar refractivity (Wildman–Crippen MR) is 106 cm³/mol. The Hall–Kier alpha value is -3.20. The van der Waals surface area contributed by atoms with E-state index < -0.39 is 0 Å². The van der Waals surface area contributed by atoms with Gasteiger partial charge in [0.1, 0.15) is 17.9 Å². The van der Waals surface area contributed by atoms with E-state index in [-0.39, 0.29) is 5.91 Å². The number of anilines is 2. The van der Waals surface area contributed by atoms with Gasteiger partial charge < -0.3 is 15.0 Å². The number of piperazine rings is 1. The molecule has 0 unspecified atom stereocenters. The summed E-state index contributed by atoms with van der Waals surface area (Å²) in [7, 11) is 0. The first kappa shape index (κ1) is 18.2. The minimum atomic E-state index is -0.0124. The molecular weight excluding hydrogens is 358 g/mol. The average Bonchev–Trinajstić information content (AvgIpc) is 3.18. The number of carbonyl (C=O) groups is 1. The quantitative estimate of drug-likeness (QED) is 0.688. The van der Waals surface area contributed by atoms with Crippen LogP contribution in [0, 0.1) is 0 Å². The maximum Gasteiger partial charge on any atom is 0.238 e. The summed E-state index contributed by atoms with van der Waals surface area (Å²) in [6, 6.07) is 11.3. The molecule has 1 N–H and O–H groups in total. The molecule has 2 aromatic heterocycles. The summed E-state index contributed by atoms with van der Waals surface area (Å²) >= 11 is 0. The van der Waals surface area contributed by atoms with Crippen molar-refractivity contribution >= 4 is 23.1 Å². The minimum absolute atomic E-state index is 0.0124. The number of hydrogen-bond donors (Lipinski definition) is 1. The monoisotopic (exact) mass is 381 g/mol. The van der Waals surface area contributed by atoms with Crippen LogP contribution in [0.1, 0.15) is 6.92 Å². The Morgan fingerprint density at radius 3 is 2.64 bits per heavy atom. The van der Waals surface area contributed by atoms with Crippen molar-refractivity contribution in [1.29, 1.82) is 0 Å². The second-order valence-corrected chi connectivity index (χ2v) is 6.59. The van der Waals surface area contributed by atoms with Crippen molar-refractivity contribution in [3.8, 4) is 5.75 Å². The van der Waals surface area contributed by atoms with Gasteiger partial charge in [-0.25, -0.2) is 0 Å². The molecule has 146 valence electrons. The number of rotatable bonds is 6. The Bertz CT molecular complexity index is 933. The molecule has 1 fully saturated rings. The van der Waals surface area contributed by atoms with Crippen molar-refractivity contribution in [3.05, 3.63) is 42.7 Å². The first-order valence-corrected chi connectivity index (χ1v) is 9.38. The van der Waals surface area contributed by atoms with Crippen molar-refractivity contribution in [2.75, 3.05) is 49.5 Å². The van der Waals surface area contributed by atoms with Crippen LogP contribution < -0.4 is 15.0 Å². The number of ether oxygens (including phenoxy) is 1. The number of fused-ring (bicyclic) bond motifs is 1. The lowest BCUT2D eigenvalue weighted by molar-refractivity contribution is -0.117. The molecule has 0 radical (unpaired) electrons. The first-order valence-electron chi connectivity index (χ1n) is 9.38. The van der Waals surface area contributed by atoms with Gasteiger partial charge in [-0.15, -0.1) is 15.3 Å². The fraction of sp³-hybridized carbons (Fsp3) is 0.368. The second-order valence-electron chi connectivity index (χ2n) is 6.59. The molecule has 1 saturated heterocycles. The van der Waals surface area contributed by atoms with Crippen LogP contribution in [0.15, 0.2) is 42.7 Å². The van der Waals surface area contributed by atoms with Gasteiger partial charge in [-0.1, -0.05) is 0 Å². The molecule has 1 aliphatic heterocycles. The standard InChI is InChI=1S/C19H23N7O2/c1-2-28-16-5-3-15(4-6-16)21-19(27)13-24-9-11-25(12-10-24)18-8-7-17-22-20-14-26(17)23-18/h3-8,14H,2,9-13H2,1H3,(H,21,27). The minimum Gasteiger partial charge on any atom is -0.494 e. The molecule has 3 heterocycles. The van der Waals surface area contributed by atoms with Gasteiger partial charge in [0.25, 0.3) is 0 Å². The molecule has 4 rings (SSSR count). The van der Waals surface area contributed by atoms with E-state index >= 15 is 0 Å². The van der Waals surface area contributed by atoms with E-state index in [2.05, 4.69) is 30.4 Å². The van der Waals surface area contributed by atoms with Gasteiger partial charge in [-0.3, -0.25) is 9.69 Å². The maximum atomic E-state index is 12.3. The fourth-order valence-corrected chi connectivity index (χ4v) is 3.23. The summed E-state index contributed by atoms with van der Waals surface area (Å²) in [6.07, 6.45) is 1.60. The average molecular weight is 381 g/mol. The Kier molecular flexibility index (Phi) is 5.34. The molecule has 9 nitrogen and oxygen atoms in total. The van der Waals surface area contributed by atoms with Gasteiger partial charge in [0.15, 0.2) is 5.65 Å². The van der Waals surface area contributed by atoms with E-state index in [0.29, 0.717) is 13.2 Å². The van der Waals surface area contributed by atoms with Crippen LogP contribution in [0.3, 0.4) is 0 Å². The lowest BCUT2D eigenvalue weighted by atomic mass is 10.3. The topological polar surface area (TPSA) is 87.9 Å². The summed E-state index contributed by atoms with van der Waals surface area (Å²) in [4.78, 5) is 16.7. The predicted octanol–water partition coefficient (Wildman–Crippen LogP) is 1.28. The molecule has 9 heteroatoms. The zero-order valence-corrected chi connectivity index (χ0v) is 15.8. The van der Waals surface area contributed by atoms with Crippen molar-refractivity contribution in [2.24, 2.45) is 0 Å². The van der Waals surface area contributed by atoms with Gasteiger partial charge in [0.2, 0.25) is 5.91 Å². The molecule has 0 aliphatic carbocycles. The van der Waals surface area contributed by atoms with Crippen LogP contribution in [0.4, 0.5) is 11.5 Å². The molecule has 28 heavy (non-hydrogen) atoms. The molecule has 0 spiro atoms. The summed E-state index contributed by atoms with van der Waals surface area (Å²) < 4.78 is 7.09. The Morgan fingerprint density at radius 2 is 1.89 bits per heavy atom. The first-order chi connectivity index (χ1) is 13.7. The normalized spacial score (nSPS) is 15.0. The zero-order chi connectivity index (χ0) is 19.3. The van der Waals surface area contributed by atoms with E-state index in [1.54, 1.807) is 10.8 Å². The number of nitrogens with one attached hydrogen (secondary N) is 1. The Morgan fingerprint density at radius 1 is 1.11 bits per heavy atom. The van der Waals surface area contributed by atoms with E-state index in [1.165, 1.54) is 0 Å². The van der Waals surface area contributed by atoms with Crippen molar-refractivity contribution in [2.45, 2.75) is 6.92 Å². The third-order valence-corrected chi connectivity index (χ3v) is 4.66. The van der Waals surface area contributed by atoms with Crippen molar-refractivity contribution < 1.29 is 9.53 Å².